The molecule has 0 saturated carbocycles. The fraction of sp³-hybridized carbons (Fsp3) is 0.529. The number of nitrogens with one attached hydrogen (secondary N) is 1. The highest BCUT2D eigenvalue weighted by Gasteiger charge is 2.18. The van der Waals surface area contributed by atoms with Gasteiger partial charge in [0, 0.05) is 27.1 Å². The maximum absolute atomic E-state index is 14.2. The first-order valence-electron chi connectivity index (χ1n) is 7.46. The molecule has 0 unspecified atom stereocenters. The molecule has 0 aliphatic heterocycles. The molecule has 2 nitrogen and oxygen atoms in total. The first-order chi connectivity index (χ1) is 9.92. The Morgan fingerprint density at radius 2 is 2.05 bits per heavy atom. The molecule has 1 N–H and O–H groups in total. The Balaban J connectivity index is 2.34. The predicted molar refractivity (Wildman–Crippen MR) is 88.3 cm³/mol. The van der Waals surface area contributed by atoms with Crippen LogP contribution >= 0.6 is 11.3 Å². The lowest BCUT2D eigenvalue weighted by Gasteiger charge is -2.20. The molecule has 0 amide bonds. The summed E-state index contributed by atoms with van der Waals surface area (Å²) >= 11 is 1.66. The van der Waals surface area contributed by atoms with E-state index in [0.717, 1.165) is 35.2 Å². The molecule has 4 heteroatoms. The van der Waals surface area contributed by atoms with Crippen LogP contribution in [0, 0.1) is 5.82 Å². The minimum atomic E-state index is -0.229. The molecule has 0 atom stereocenters. The fourth-order valence-corrected chi connectivity index (χ4v) is 3.37. The van der Waals surface area contributed by atoms with Crippen molar-refractivity contribution in [3.05, 3.63) is 34.5 Å². The van der Waals surface area contributed by atoms with Gasteiger partial charge in [0.25, 0.3) is 0 Å². The zero-order valence-corrected chi connectivity index (χ0v) is 14.1. The summed E-state index contributed by atoms with van der Waals surface area (Å²) in [7, 11) is 0. The molecule has 0 bridgehead atoms. The number of hydrogen-bond acceptors (Lipinski definition) is 3. The van der Waals surface area contributed by atoms with Crippen LogP contribution in [0.25, 0.3) is 10.1 Å². The van der Waals surface area contributed by atoms with Crippen molar-refractivity contribution in [2.75, 3.05) is 6.54 Å². The SMILES string of the molecule is CCCNCc1sc2cccc(F)c2c1COC(C)(C)C. The second-order valence-corrected chi connectivity index (χ2v) is 7.33. The molecule has 0 aliphatic rings. The molecule has 116 valence electrons. The second-order valence-electron chi connectivity index (χ2n) is 6.19. The van der Waals surface area contributed by atoms with Crippen molar-refractivity contribution in [1.29, 1.82) is 0 Å². The number of benzene rings is 1. The Bertz CT molecular complexity index is 601. The number of ether oxygens (including phenoxy) is 1. The van der Waals surface area contributed by atoms with Crippen molar-refractivity contribution in [3.8, 4) is 0 Å². The van der Waals surface area contributed by atoms with Crippen molar-refractivity contribution in [2.24, 2.45) is 0 Å². The summed E-state index contributed by atoms with van der Waals surface area (Å²) in [4.78, 5) is 1.17. The zero-order chi connectivity index (χ0) is 15.5. The molecule has 0 saturated heterocycles. The Kier molecular flexibility index (Phi) is 5.36. The van der Waals surface area contributed by atoms with E-state index in [0.29, 0.717) is 6.61 Å². The third-order valence-corrected chi connectivity index (χ3v) is 4.41. The van der Waals surface area contributed by atoms with E-state index in [-0.39, 0.29) is 11.4 Å². The predicted octanol–water partition coefficient (Wildman–Crippen LogP) is 4.86. The molecule has 1 aromatic carbocycles. The van der Waals surface area contributed by atoms with E-state index in [1.807, 2.05) is 26.8 Å². The van der Waals surface area contributed by atoms with Gasteiger partial charge in [0.2, 0.25) is 0 Å². The number of rotatable bonds is 6. The third kappa shape index (κ3) is 4.25. The molecule has 2 aromatic rings. The molecule has 0 spiro atoms. The Morgan fingerprint density at radius 3 is 2.71 bits per heavy atom. The second kappa shape index (κ2) is 6.86. The van der Waals surface area contributed by atoms with E-state index >= 15 is 0 Å². The minimum Gasteiger partial charge on any atom is -0.371 e. The highest BCUT2D eigenvalue weighted by Crippen LogP contribution is 2.34. The number of thiophene rings is 1. The van der Waals surface area contributed by atoms with Gasteiger partial charge in [-0.15, -0.1) is 11.3 Å². The molecule has 1 aromatic heterocycles. The highest BCUT2D eigenvalue weighted by molar-refractivity contribution is 7.19. The monoisotopic (exact) mass is 309 g/mol. The van der Waals surface area contributed by atoms with Crippen molar-refractivity contribution in [3.63, 3.8) is 0 Å². The lowest BCUT2D eigenvalue weighted by atomic mass is 10.1. The normalized spacial score (nSPS) is 12.2. The Morgan fingerprint density at radius 1 is 1.29 bits per heavy atom. The van der Waals surface area contributed by atoms with Crippen LogP contribution in [0.5, 0.6) is 0 Å². The van der Waals surface area contributed by atoms with Crippen LogP contribution in [0.1, 0.15) is 44.6 Å². The molecule has 0 fully saturated rings. The van der Waals surface area contributed by atoms with Crippen molar-refractivity contribution < 1.29 is 9.13 Å². The minimum absolute atomic E-state index is 0.155. The average Bonchev–Trinajstić information content (AvgIpc) is 2.75. The summed E-state index contributed by atoms with van der Waals surface area (Å²) in [6, 6.07) is 5.28. The maximum Gasteiger partial charge on any atom is 0.132 e. The molecule has 0 radical (unpaired) electrons. The molecule has 21 heavy (non-hydrogen) atoms. The summed E-state index contributed by atoms with van der Waals surface area (Å²) in [5.74, 6) is -0.155. The van der Waals surface area contributed by atoms with Crippen LogP contribution in [-0.2, 0) is 17.9 Å². The van der Waals surface area contributed by atoms with Gasteiger partial charge in [0.1, 0.15) is 5.82 Å². The quantitative estimate of drug-likeness (QED) is 0.770. The molecule has 0 aliphatic carbocycles. The molecular weight excluding hydrogens is 285 g/mol. The van der Waals surface area contributed by atoms with Crippen molar-refractivity contribution >= 4 is 21.4 Å². The van der Waals surface area contributed by atoms with Crippen LogP contribution in [-0.4, -0.2) is 12.1 Å². The van der Waals surface area contributed by atoms with Crippen LogP contribution in [0.3, 0.4) is 0 Å². The highest BCUT2D eigenvalue weighted by atomic mass is 32.1. The van der Waals surface area contributed by atoms with Gasteiger partial charge in [-0.25, -0.2) is 4.39 Å². The number of halogens is 1. The van der Waals surface area contributed by atoms with Crippen molar-refractivity contribution in [2.45, 2.75) is 52.9 Å². The van der Waals surface area contributed by atoms with Gasteiger partial charge in [-0.05, 0) is 45.9 Å². The van der Waals surface area contributed by atoms with Gasteiger partial charge in [-0.3, -0.25) is 0 Å². The standard InChI is InChI=1S/C17H24FNOS/c1-5-9-19-10-15-12(11-20-17(2,3)4)16-13(18)7-6-8-14(16)21-15/h6-8,19H,5,9-11H2,1-4H3. The van der Waals surface area contributed by atoms with Crippen molar-refractivity contribution in [1.82, 2.24) is 5.32 Å². The van der Waals surface area contributed by atoms with Gasteiger partial charge >= 0.3 is 0 Å². The smallest absolute Gasteiger partial charge is 0.132 e. The topological polar surface area (TPSA) is 21.3 Å². The average molecular weight is 309 g/mol. The summed E-state index contributed by atoms with van der Waals surface area (Å²) in [5, 5.41) is 4.12. The fourth-order valence-electron chi connectivity index (χ4n) is 2.18. The van der Waals surface area contributed by atoms with E-state index < -0.39 is 0 Å². The van der Waals surface area contributed by atoms with Crippen LogP contribution in [0.2, 0.25) is 0 Å². The maximum atomic E-state index is 14.2. The first-order valence-corrected chi connectivity index (χ1v) is 8.27. The Hall–Kier alpha value is -0.970. The number of fused-ring (bicyclic) bond motifs is 1. The van der Waals surface area contributed by atoms with E-state index in [9.17, 15) is 4.39 Å². The molecule has 1 heterocycles. The molecular formula is C17H24FNOS. The largest absolute Gasteiger partial charge is 0.371 e. The van der Waals surface area contributed by atoms with E-state index in [1.165, 1.54) is 10.9 Å². The molecule has 2 rings (SSSR count). The van der Waals surface area contributed by atoms with E-state index in [2.05, 4.69) is 12.2 Å². The van der Waals surface area contributed by atoms with Gasteiger partial charge in [-0.1, -0.05) is 13.0 Å². The lowest BCUT2D eigenvalue weighted by molar-refractivity contribution is -0.0146. The van der Waals surface area contributed by atoms with Crippen LogP contribution < -0.4 is 5.32 Å². The zero-order valence-electron chi connectivity index (χ0n) is 13.3. The van der Waals surface area contributed by atoms with E-state index in [4.69, 9.17) is 4.74 Å². The summed E-state index contributed by atoms with van der Waals surface area (Å²) in [5.41, 5.74) is 0.764. The van der Waals surface area contributed by atoms with Gasteiger partial charge in [0.05, 0.1) is 12.2 Å². The van der Waals surface area contributed by atoms with E-state index in [1.54, 1.807) is 17.4 Å². The lowest BCUT2D eigenvalue weighted by Crippen LogP contribution is -2.20. The van der Waals surface area contributed by atoms with Crippen LogP contribution in [0.15, 0.2) is 18.2 Å². The van der Waals surface area contributed by atoms with Gasteiger partial charge < -0.3 is 10.1 Å². The summed E-state index contributed by atoms with van der Waals surface area (Å²) in [6.45, 7) is 10.4. The van der Waals surface area contributed by atoms with Gasteiger partial charge in [0.15, 0.2) is 0 Å². The Labute approximate surface area is 130 Å². The van der Waals surface area contributed by atoms with Crippen LogP contribution in [0.4, 0.5) is 4.39 Å². The summed E-state index contributed by atoms with van der Waals surface area (Å²) in [6.07, 6.45) is 1.09. The van der Waals surface area contributed by atoms with Gasteiger partial charge in [-0.2, -0.15) is 0 Å². The first kappa shape index (κ1) is 16.4. The third-order valence-electron chi connectivity index (χ3n) is 3.21. The summed E-state index contributed by atoms with van der Waals surface area (Å²) < 4.78 is 21.1. The number of hydrogen-bond donors (Lipinski definition) is 1.